The van der Waals surface area contributed by atoms with Crippen LogP contribution in [0.4, 0.5) is 5.69 Å². The van der Waals surface area contributed by atoms with E-state index >= 15 is 0 Å². The van der Waals surface area contributed by atoms with Crippen LogP contribution in [0.5, 0.6) is 0 Å². The standard InChI is InChI=1S/C15H23N3/c1-11-9-12(2)13(3)18(10-11)15(16)17-14-7-5-4-6-8-14/h4-8,11-13H,9-10H2,1-3H3,(H2,16,17). The number of nitrogens with zero attached hydrogens (tertiary/aromatic N) is 2. The van der Waals surface area contributed by atoms with Gasteiger partial charge in [0.1, 0.15) is 0 Å². The number of guanidine groups is 1. The first-order valence-corrected chi connectivity index (χ1v) is 6.73. The summed E-state index contributed by atoms with van der Waals surface area (Å²) in [5.41, 5.74) is 7.10. The summed E-state index contributed by atoms with van der Waals surface area (Å²) in [5, 5.41) is 0. The van der Waals surface area contributed by atoms with Gasteiger partial charge < -0.3 is 10.6 Å². The van der Waals surface area contributed by atoms with E-state index in [4.69, 9.17) is 5.73 Å². The zero-order valence-corrected chi connectivity index (χ0v) is 11.5. The lowest BCUT2D eigenvalue weighted by molar-refractivity contribution is 0.145. The maximum atomic E-state index is 6.17. The number of rotatable bonds is 1. The average molecular weight is 245 g/mol. The highest BCUT2D eigenvalue weighted by atomic mass is 15.3. The number of aliphatic imine (C=N–C) groups is 1. The Morgan fingerprint density at radius 3 is 2.56 bits per heavy atom. The lowest BCUT2D eigenvalue weighted by Gasteiger charge is -2.41. The molecule has 3 nitrogen and oxygen atoms in total. The van der Waals surface area contributed by atoms with Crippen LogP contribution in [0.1, 0.15) is 27.2 Å². The first-order valence-electron chi connectivity index (χ1n) is 6.73. The zero-order chi connectivity index (χ0) is 13.1. The molecule has 1 heterocycles. The van der Waals surface area contributed by atoms with E-state index in [2.05, 4.69) is 30.7 Å². The molecule has 0 amide bonds. The van der Waals surface area contributed by atoms with E-state index in [9.17, 15) is 0 Å². The second kappa shape index (κ2) is 5.42. The molecule has 1 aromatic rings. The van der Waals surface area contributed by atoms with Crippen LogP contribution in [-0.4, -0.2) is 23.4 Å². The van der Waals surface area contributed by atoms with Crippen molar-refractivity contribution >= 4 is 11.6 Å². The third-order valence-electron chi connectivity index (χ3n) is 3.89. The summed E-state index contributed by atoms with van der Waals surface area (Å²) in [6.07, 6.45) is 1.27. The summed E-state index contributed by atoms with van der Waals surface area (Å²) >= 11 is 0. The van der Waals surface area contributed by atoms with Gasteiger partial charge in [0, 0.05) is 12.6 Å². The molecular weight excluding hydrogens is 222 g/mol. The normalized spacial score (nSPS) is 29.4. The molecule has 1 saturated heterocycles. The van der Waals surface area contributed by atoms with E-state index in [0.29, 0.717) is 23.8 Å². The van der Waals surface area contributed by atoms with Crippen LogP contribution in [0.2, 0.25) is 0 Å². The molecule has 18 heavy (non-hydrogen) atoms. The van der Waals surface area contributed by atoms with Crippen molar-refractivity contribution in [3.8, 4) is 0 Å². The Morgan fingerprint density at radius 1 is 1.22 bits per heavy atom. The lowest BCUT2D eigenvalue weighted by atomic mass is 9.86. The first kappa shape index (κ1) is 12.9. The van der Waals surface area contributed by atoms with E-state index in [1.54, 1.807) is 0 Å². The van der Waals surface area contributed by atoms with Crippen molar-refractivity contribution in [1.82, 2.24) is 4.90 Å². The summed E-state index contributed by atoms with van der Waals surface area (Å²) in [6.45, 7) is 7.83. The monoisotopic (exact) mass is 245 g/mol. The highest BCUT2D eigenvalue weighted by Gasteiger charge is 2.29. The SMILES string of the molecule is CC1CC(C)C(C)N(C(N)=Nc2ccccc2)C1. The van der Waals surface area contributed by atoms with Crippen molar-refractivity contribution < 1.29 is 0 Å². The minimum Gasteiger partial charge on any atom is -0.369 e. The van der Waals surface area contributed by atoms with Crippen LogP contribution in [0, 0.1) is 11.8 Å². The maximum absolute atomic E-state index is 6.17. The van der Waals surface area contributed by atoms with Gasteiger partial charge in [-0.2, -0.15) is 0 Å². The Balaban J connectivity index is 2.17. The largest absolute Gasteiger partial charge is 0.369 e. The van der Waals surface area contributed by atoms with Crippen LogP contribution in [0.15, 0.2) is 35.3 Å². The molecule has 0 saturated carbocycles. The number of nitrogens with two attached hydrogens (primary N) is 1. The van der Waals surface area contributed by atoms with Gasteiger partial charge in [0.2, 0.25) is 0 Å². The molecule has 0 radical (unpaired) electrons. The van der Waals surface area contributed by atoms with Crippen molar-refractivity contribution in [2.45, 2.75) is 33.2 Å². The van der Waals surface area contributed by atoms with Gasteiger partial charge in [0.25, 0.3) is 0 Å². The molecule has 3 heteroatoms. The van der Waals surface area contributed by atoms with Gasteiger partial charge in [-0.05, 0) is 37.3 Å². The minimum absolute atomic E-state index is 0.466. The lowest BCUT2D eigenvalue weighted by Crippen LogP contribution is -2.51. The van der Waals surface area contributed by atoms with E-state index in [1.807, 2.05) is 30.3 Å². The number of piperidine rings is 1. The fourth-order valence-corrected chi connectivity index (χ4v) is 2.72. The third-order valence-corrected chi connectivity index (χ3v) is 3.89. The Labute approximate surface area is 110 Å². The predicted molar refractivity (Wildman–Crippen MR) is 76.8 cm³/mol. The Morgan fingerprint density at radius 2 is 1.89 bits per heavy atom. The van der Waals surface area contributed by atoms with Crippen molar-refractivity contribution in [3.63, 3.8) is 0 Å². The Bertz CT molecular complexity index is 413. The quantitative estimate of drug-likeness (QED) is 0.610. The molecule has 3 unspecified atom stereocenters. The van der Waals surface area contributed by atoms with Gasteiger partial charge in [0.05, 0.1) is 5.69 Å². The first-order chi connectivity index (χ1) is 8.58. The number of benzene rings is 1. The Kier molecular flexibility index (Phi) is 3.90. The molecule has 0 spiro atoms. The zero-order valence-electron chi connectivity index (χ0n) is 11.5. The molecule has 0 aliphatic carbocycles. The Hall–Kier alpha value is -1.51. The van der Waals surface area contributed by atoms with Crippen LogP contribution in [0.25, 0.3) is 0 Å². The minimum atomic E-state index is 0.466. The van der Waals surface area contributed by atoms with Crippen molar-refractivity contribution in [2.24, 2.45) is 22.6 Å². The van der Waals surface area contributed by atoms with Crippen LogP contribution in [0.3, 0.4) is 0 Å². The predicted octanol–water partition coefficient (Wildman–Crippen LogP) is 3.00. The van der Waals surface area contributed by atoms with Crippen molar-refractivity contribution in [1.29, 1.82) is 0 Å². The summed E-state index contributed by atoms with van der Waals surface area (Å²) in [4.78, 5) is 6.76. The van der Waals surface area contributed by atoms with Crippen LogP contribution < -0.4 is 5.73 Å². The van der Waals surface area contributed by atoms with E-state index in [0.717, 1.165) is 12.2 Å². The number of hydrogen-bond donors (Lipinski definition) is 1. The topological polar surface area (TPSA) is 41.6 Å². The summed E-state index contributed by atoms with van der Waals surface area (Å²) in [6, 6.07) is 10.4. The molecule has 0 bridgehead atoms. The van der Waals surface area contributed by atoms with Gasteiger partial charge in [-0.15, -0.1) is 0 Å². The summed E-state index contributed by atoms with van der Waals surface area (Å²) < 4.78 is 0. The third kappa shape index (κ3) is 2.84. The molecule has 1 aliphatic heterocycles. The molecule has 3 atom stereocenters. The molecule has 2 rings (SSSR count). The van der Waals surface area contributed by atoms with Crippen molar-refractivity contribution in [3.05, 3.63) is 30.3 Å². The van der Waals surface area contributed by atoms with Gasteiger partial charge in [0.15, 0.2) is 5.96 Å². The maximum Gasteiger partial charge on any atom is 0.196 e. The van der Waals surface area contributed by atoms with E-state index in [1.165, 1.54) is 6.42 Å². The summed E-state index contributed by atoms with van der Waals surface area (Å²) in [7, 11) is 0. The second-order valence-corrected chi connectivity index (χ2v) is 5.52. The molecule has 98 valence electrons. The molecule has 1 aromatic carbocycles. The van der Waals surface area contributed by atoms with E-state index in [-0.39, 0.29) is 0 Å². The second-order valence-electron chi connectivity index (χ2n) is 5.52. The van der Waals surface area contributed by atoms with Gasteiger partial charge in [-0.1, -0.05) is 32.0 Å². The van der Waals surface area contributed by atoms with Gasteiger partial charge in [-0.25, -0.2) is 4.99 Å². The molecule has 1 fully saturated rings. The van der Waals surface area contributed by atoms with Gasteiger partial charge >= 0.3 is 0 Å². The molecule has 1 aliphatic rings. The molecular formula is C15H23N3. The number of hydrogen-bond acceptors (Lipinski definition) is 1. The average Bonchev–Trinajstić information content (AvgIpc) is 2.35. The molecule has 2 N–H and O–H groups in total. The van der Waals surface area contributed by atoms with E-state index < -0.39 is 0 Å². The fourth-order valence-electron chi connectivity index (χ4n) is 2.72. The fraction of sp³-hybridized carbons (Fsp3) is 0.533. The van der Waals surface area contributed by atoms with Crippen LogP contribution in [-0.2, 0) is 0 Å². The summed E-state index contributed by atoms with van der Waals surface area (Å²) in [5.74, 6) is 1.99. The number of para-hydroxylation sites is 1. The molecule has 0 aromatic heterocycles. The van der Waals surface area contributed by atoms with Crippen LogP contribution >= 0.6 is 0 Å². The highest BCUT2D eigenvalue weighted by molar-refractivity contribution is 5.81. The highest BCUT2D eigenvalue weighted by Crippen LogP contribution is 2.27. The number of likely N-dealkylation sites (tertiary alicyclic amines) is 1. The van der Waals surface area contributed by atoms with Crippen molar-refractivity contribution in [2.75, 3.05) is 6.54 Å². The van der Waals surface area contributed by atoms with Gasteiger partial charge in [-0.3, -0.25) is 0 Å². The smallest absolute Gasteiger partial charge is 0.196 e.